The molecule has 0 aliphatic rings. The molecule has 3 rings (SSSR count). The van der Waals surface area contributed by atoms with Crippen LogP contribution in [0.2, 0.25) is 0 Å². The molecule has 1 atom stereocenters. The number of fused-ring (bicyclic) bond motifs is 1. The Kier molecular flexibility index (Phi) is 4.84. The van der Waals surface area contributed by atoms with Gasteiger partial charge in [-0.1, -0.05) is 30.3 Å². The Morgan fingerprint density at radius 3 is 2.64 bits per heavy atom. The number of benzene rings is 2. The summed E-state index contributed by atoms with van der Waals surface area (Å²) in [5.74, 6) is -0.572. The summed E-state index contributed by atoms with van der Waals surface area (Å²) in [4.78, 5) is 22.9. The molecule has 5 nitrogen and oxygen atoms in total. The first-order valence-electron chi connectivity index (χ1n) is 8.01. The summed E-state index contributed by atoms with van der Waals surface area (Å²) in [6, 6.07) is 16.0. The second-order valence-electron chi connectivity index (χ2n) is 5.88. The first-order valence-corrected chi connectivity index (χ1v) is 8.01. The molecule has 0 bridgehead atoms. The highest BCUT2D eigenvalue weighted by Crippen LogP contribution is 2.24. The fourth-order valence-corrected chi connectivity index (χ4v) is 2.71. The van der Waals surface area contributed by atoms with Crippen LogP contribution in [0.5, 0.6) is 5.75 Å². The Morgan fingerprint density at radius 2 is 1.92 bits per heavy atom. The molecule has 5 heteroatoms. The van der Waals surface area contributed by atoms with Crippen LogP contribution >= 0.6 is 0 Å². The van der Waals surface area contributed by atoms with E-state index in [9.17, 15) is 14.7 Å². The van der Waals surface area contributed by atoms with Gasteiger partial charge in [0.25, 0.3) is 0 Å². The molecule has 2 aromatic carbocycles. The van der Waals surface area contributed by atoms with Gasteiger partial charge in [0, 0.05) is 11.5 Å². The van der Waals surface area contributed by atoms with E-state index in [1.807, 2.05) is 30.3 Å². The van der Waals surface area contributed by atoms with Crippen LogP contribution in [-0.2, 0) is 11.2 Å². The number of ether oxygens (including phenoxy) is 1. The zero-order valence-electron chi connectivity index (χ0n) is 13.8. The molecule has 1 heterocycles. The maximum atomic E-state index is 11.5. The summed E-state index contributed by atoms with van der Waals surface area (Å²) in [7, 11) is 0. The van der Waals surface area contributed by atoms with E-state index in [4.69, 9.17) is 9.15 Å². The number of aliphatic carboxylic acids is 1. The van der Waals surface area contributed by atoms with E-state index in [2.05, 4.69) is 0 Å². The number of carboxylic acid groups (broad SMARTS) is 1. The maximum Gasteiger partial charge on any atom is 0.344 e. The Hall–Kier alpha value is -3.08. The normalized spacial score (nSPS) is 12.0. The molecule has 0 radical (unpaired) electrons. The highest BCUT2D eigenvalue weighted by Gasteiger charge is 2.19. The van der Waals surface area contributed by atoms with Crippen LogP contribution in [0.15, 0.2) is 63.8 Å². The molecule has 0 saturated carbocycles. The zero-order chi connectivity index (χ0) is 17.8. The summed E-state index contributed by atoms with van der Waals surface area (Å²) in [5, 5.41) is 10.2. The van der Waals surface area contributed by atoms with E-state index in [1.54, 1.807) is 25.1 Å². The molecule has 1 N–H and O–H groups in total. The van der Waals surface area contributed by atoms with Gasteiger partial charge in [-0.15, -0.1) is 0 Å². The van der Waals surface area contributed by atoms with Gasteiger partial charge in [0.1, 0.15) is 11.3 Å². The molecule has 1 unspecified atom stereocenters. The molecule has 128 valence electrons. The van der Waals surface area contributed by atoms with E-state index in [-0.39, 0.29) is 0 Å². The van der Waals surface area contributed by atoms with Crippen molar-refractivity contribution >= 4 is 16.9 Å². The fraction of sp³-hybridized carbons (Fsp3) is 0.200. The highest BCUT2D eigenvalue weighted by molar-refractivity contribution is 5.81. The smallest absolute Gasteiger partial charge is 0.344 e. The highest BCUT2D eigenvalue weighted by atomic mass is 16.5. The molecule has 1 aromatic heterocycles. The van der Waals surface area contributed by atoms with Crippen molar-refractivity contribution in [1.82, 2.24) is 0 Å². The van der Waals surface area contributed by atoms with Gasteiger partial charge < -0.3 is 14.3 Å². The molecule has 0 spiro atoms. The van der Waals surface area contributed by atoms with Gasteiger partial charge in [0.05, 0.1) is 0 Å². The zero-order valence-corrected chi connectivity index (χ0v) is 13.8. The Balaban J connectivity index is 1.79. The fourth-order valence-electron chi connectivity index (χ4n) is 2.71. The molecule has 0 amide bonds. The topological polar surface area (TPSA) is 76.7 Å². The first kappa shape index (κ1) is 16.8. The minimum atomic E-state index is -1.01. The SMILES string of the molecule is Cc1cc(=O)oc2ccc(OC(CCc3ccccc3)C(=O)O)cc12. The lowest BCUT2D eigenvalue weighted by Crippen LogP contribution is -2.27. The number of hydrogen-bond donors (Lipinski definition) is 1. The van der Waals surface area contributed by atoms with Crippen LogP contribution in [0.3, 0.4) is 0 Å². The molecule has 3 aromatic rings. The summed E-state index contributed by atoms with van der Waals surface area (Å²) in [6.07, 6.45) is 0.0215. The second kappa shape index (κ2) is 7.21. The Labute approximate surface area is 144 Å². The number of carboxylic acids is 1. The van der Waals surface area contributed by atoms with Crippen molar-refractivity contribution in [3.8, 4) is 5.75 Å². The van der Waals surface area contributed by atoms with Gasteiger partial charge in [0.2, 0.25) is 0 Å². The van der Waals surface area contributed by atoms with Crippen molar-refractivity contribution < 1.29 is 19.1 Å². The summed E-state index contributed by atoms with van der Waals surface area (Å²) in [5.41, 5.74) is 1.86. The predicted molar refractivity (Wildman–Crippen MR) is 94.0 cm³/mol. The molecule has 0 fully saturated rings. The standard InChI is InChI=1S/C20H18O5/c1-13-11-19(21)25-17-10-8-15(12-16(13)17)24-18(20(22)23)9-7-14-5-3-2-4-6-14/h2-6,8,10-12,18H,7,9H2,1H3,(H,22,23). The molecular weight excluding hydrogens is 320 g/mol. The van der Waals surface area contributed by atoms with Crippen molar-refractivity contribution in [3.05, 3.63) is 76.1 Å². The van der Waals surface area contributed by atoms with Gasteiger partial charge >= 0.3 is 11.6 Å². The van der Waals surface area contributed by atoms with Crippen molar-refractivity contribution in [2.45, 2.75) is 25.9 Å². The Bertz CT molecular complexity index is 943. The van der Waals surface area contributed by atoms with E-state index < -0.39 is 17.7 Å². The molecule has 0 aliphatic carbocycles. The second-order valence-corrected chi connectivity index (χ2v) is 5.88. The molecule has 0 saturated heterocycles. The average Bonchev–Trinajstić information content (AvgIpc) is 2.59. The number of carbonyl (C=O) groups is 1. The van der Waals surface area contributed by atoms with Crippen LogP contribution in [0.4, 0.5) is 0 Å². The van der Waals surface area contributed by atoms with Crippen LogP contribution in [0.25, 0.3) is 11.0 Å². The average molecular weight is 338 g/mol. The number of hydrogen-bond acceptors (Lipinski definition) is 4. The lowest BCUT2D eigenvalue weighted by atomic mass is 10.1. The third kappa shape index (κ3) is 4.07. The van der Waals surface area contributed by atoms with Gasteiger partial charge in [-0.25, -0.2) is 9.59 Å². The summed E-state index contributed by atoms with van der Waals surface area (Å²) < 4.78 is 10.8. The van der Waals surface area contributed by atoms with E-state index in [0.29, 0.717) is 24.2 Å². The third-order valence-electron chi connectivity index (χ3n) is 4.01. The summed E-state index contributed by atoms with van der Waals surface area (Å²) >= 11 is 0. The molecule has 25 heavy (non-hydrogen) atoms. The first-order chi connectivity index (χ1) is 12.0. The van der Waals surface area contributed by atoms with E-state index >= 15 is 0 Å². The van der Waals surface area contributed by atoms with Crippen molar-refractivity contribution in [2.75, 3.05) is 0 Å². The third-order valence-corrected chi connectivity index (χ3v) is 4.01. The quantitative estimate of drug-likeness (QED) is 0.695. The lowest BCUT2D eigenvalue weighted by molar-refractivity contribution is -0.145. The van der Waals surface area contributed by atoms with Crippen molar-refractivity contribution in [1.29, 1.82) is 0 Å². The van der Waals surface area contributed by atoms with Gasteiger partial charge in [-0.2, -0.15) is 0 Å². The van der Waals surface area contributed by atoms with Crippen LogP contribution in [-0.4, -0.2) is 17.2 Å². The van der Waals surface area contributed by atoms with Crippen LogP contribution in [0, 0.1) is 6.92 Å². The van der Waals surface area contributed by atoms with Crippen molar-refractivity contribution in [2.24, 2.45) is 0 Å². The van der Waals surface area contributed by atoms with Gasteiger partial charge in [-0.05, 0) is 49.1 Å². The lowest BCUT2D eigenvalue weighted by Gasteiger charge is -2.15. The minimum absolute atomic E-state index is 0.361. The minimum Gasteiger partial charge on any atom is -0.479 e. The van der Waals surface area contributed by atoms with E-state index in [0.717, 1.165) is 16.5 Å². The number of rotatable bonds is 6. The van der Waals surface area contributed by atoms with E-state index in [1.165, 1.54) is 6.07 Å². The Morgan fingerprint density at radius 1 is 1.16 bits per heavy atom. The van der Waals surface area contributed by atoms with Gasteiger partial charge in [0.15, 0.2) is 6.10 Å². The van der Waals surface area contributed by atoms with Gasteiger partial charge in [-0.3, -0.25) is 0 Å². The number of aryl methyl sites for hydroxylation is 2. The van der Waals surface area contributed by atoms with Crippen LogP contribution in [0.1, 0.15) is 17.5 Å². The maximum absolute atomic E-state index is 11.5. The molecule has 0 aliphatic heterocycles. The monoisotopic (exact) mass is 338 g/mol. The predicted octanol–water partition coefficient (Wildman–Crippen LogP) is 3.57. The summed E-state index contributed by atoms with van der Waals surface area (Å²) in [6.45, 7) is 1.80. The largest absolute Gasteiger partial charge is 0.479 e. The van der Waals surface area contributed by atoms with Crippen molar-refractivity contribution in [3.63, 3.8) is 0 Å². The van der Waals surface area contributed by atoms with Crippen LogP contribution < -0.4 is 10.4 Å². The molecular formula is C20H18O5.